The molecule has 0 aliphatic rings. The summed E-state index contributed by atoms with van der Waals surface area (Å²) in [4.78, 5) is 11.5. The molecule has 1 aromatic rings. The highest BCUT2D eigenvalue weighted by Crippen LogP contribution is 2.18. The van der Waals surface area contributed by atoms with Crippen molar-refractivity contribution in [2.45, 2.75) is 19.9 Å². The number of benzene rings is 1. The zero-order valence-electron chi connectivity index (χ0n) is 9.84. The third-order valence-electron chi connectivity index (χ3n) is 2.45. The van der Waals surface area contributed by atoms with Gasteiger partial charge >= 0.3 is 0 Å². The van der Waals surface area contributed by atoms with Gasteiger partial charge in [-0.3, -0.25) is 4.79 Å². The lowest BCUT2D eigenvalue weighted by Crippen LogP contribution is -2.34. The summed E-state index contributed by atoms with van der Waals surface area (Å²) in [5.41, 5.74) is 5.37. The molecule has 0 spiro atoms. The van der Waals surface area contributed by atoms with Gasteiger partial charge in [-0.05, 0) is 6.92 Å². The first-order chi connectivity index (χ1) is 7.82. The molecule has 0 aliphatic heterocycles. The number of anilines is 1. The number of nitrogens with two attached hydrogens (primary N) is 1. The van der Waals surface area contributed by atoms with Gasteiger partial charge in [0, 0.05) is 23.9 Å². The first kappa shape index (κ1) is 16.7. The number of hydrogen-bond acceptors (Lipinski definition) is 2. The Balaban J connectivity index is 0.00000289. The van der Waals surface area contributed by atoms with E-state index in [-0.39, 0.29) is 18.1 Å². The monoisotopic (exact) mass is 282 g/mol. The molecule has 2 atom stereocenters. The zero-order valence-corrected chi connectivity index (χ0v) is 10.7. The second-order valence-electron chi connectivity index (χ2n) is 3.89. The second kappa shape index (κ2) is 6.61. The summed E-state index contributed by atoms with van der Waals surface area (Å²) in [6.45, 7) is 3.21. The number of carbonyl (C=O) groups is 1. The maximum absolute atomic E-state index is 12.9. The minimum Gasteiger partial charge on any atom is -0.327 e. The highest BCUT2D eigenvalue weighted by atomic mass is 35.5. The van der Waals surface area contributed by atoms with Crippen molar-refractivity contribution in [2.24, 2.45) is 11.7 Å². The molecule has 0 aromatic heterocycles. The van der Waals surface area contributed by atoms with Crippen LogP contribution >= 0.6 is 12.4 Å². The minimum atomic E-state index is -1.57. The predicted molar refractivity (Wildman–Crippen MR) is 65.0 cm³/mol. The van der Waals surface area contributed by atoms with Crippen molar-refractivity contribution < 1.29 is 18.0 Å². The Hall–Kier alpha value is -1.27. The lowest BCUT2D eigenvalue weighted by molar-refractivity contribution is -0.119. The average molecular weight is 283 g/mol. The number of halogens is 4. The minimum absolute atomic E-state index is 0. The molecule has 1 aromatic carbocycles. The van der Waals surface area contributed by atoms with Crippen molar-refractivity contribution in [1.29, 1.82) is 0 Å². The van der Waals surface area contributed by atoms with Gasteiger partial charge in [0.25, 0.3) is 0 Å². The molecule has 1 rings (SSSR count). The molecule has 0 fully saturated rings. The van der Waals surface area contributed by atoms with Crippen LogP contribution < -0.4 is 11.1 Å². The van der Waals surface area contributed by atoms with Crippen molar-refractivity contribution in [3.05, 3.63) is 29.6 Å². The Labute approximate surface area is 109 Å². The molecule has 0 bridgehead atoms. The van der Waals surface area contributed by atoms with Crippen LogP contribution in [0.2, 0.25) is 0 Å². The van der Waals surface area contributed by atoms with E-state index < -0.39 is 35.3 Å². The summed E-state index contributed by atoms with van der Waals surface area (Å²) >= 11 is 0. The van der Waals surface area contributed by atoms with Gasteiger partial charge in [-0.15, -0.1) is 12.4 Å². The fourth-order valence-corrected chi connectivity index (χ4v) is 1.12. The van der Waals surface area contributed by atoms with Gasteiger partial charge in [-0.25, -0.2) is 13.2 Å². The molecule has 2 unspecified atom stereocenters. The molecule has 18 heavy (non-hydrogen) atoms. The maximum atomic E-state index is 12.9. The third-order valence-corrected chi connectivity index (χ3v) is 2.45. The van der Waals surface area contributed by atoms with E-state index in [2.05, 4.69) is 5.32 Å². The first-order valence-electron chi connectivity index (χ1n) is 5.04. The molecule has 3 nitrogen and oxygen atoms in total. The first-order valence-corrected chi connectivity index (χ1v) is 5.04. The number of amides is 1. The summed E-state index contributed by atoms with van der Waals surface area (Å²) in [6, 6.07) is 1.03. The SMILES string of the molecule is CC(N)C(C)C(=O)Nc1cc(F)c(F)c(F)c1.Cl. The van der Waals surface area contributed by atoms with Crippen molar-refractivity contribution in [2.75, 3.05) is 5.32 Å². The van der Waals surface area contributed by atoms with E-state index >= 15 is 0 Å². The molecule has 3 N–H and O–H groups in total. The normalized spacial score (nSPS) is 13.4. The molecule has 102 valence electrons. The van der Waals surface area contributed by atoms with Crippen LogP contribution in [0.1, 0.15) is 13.8 Å². The molecule has 0 saturated carbocycles. The van der Waals surface area contributed by atoms with Gasteiger partial charge in [0.05, 0.1) is 5.92 Å². The Bertz CT molecular complexity index is 417. The Morgan fingerprint density at radius 1 is 1.22 bits per heavy atom. The van der Waals surface area contributed by atoms with Crippen LogP contribution in [0.5, 0.6) is 0 Å². The fraction of sp³-hybridized carbons (Fsp3) is 0.364. The summed E-state index contributed by atoms with van der Waals surface area (Å²) < 4.78 is 38.4. The van der Waals surface area contributed by atoms with Crippen LogP contribution in [0.15, 0.2) is 12.1 Å². The number of rotatable bonds is 3. The molecule has 7 heteroatoms. The summed E-state index contributed by atoms with van der Waals surface area (Å²) in [5, 5.41) is 2.27. The van der Waals surface area contributed by atoms with Crippen molar-refractivity contribution in [1.82, 2.24) is 0 Å². The van der Waals surface area contributed by atoms with Gasteiger partial charge in [0.2, 0.25) is 5.91 Å². The van der Waals surface area contributed by atoms with E-state index in [0.29, 0.717) is 12.1 Å². The highest BCUT2D eigenvalue weighted by Gasteiger charge is 2.18. The number of nitrogens with one attached hydrogen (secondary N) is 1. The highest BCUT2D eigenvalue weighted by molar-refractivity contribution is 5.92. The van der Waals surface area contributed by atoms with Gasteiger partial charge < -0.3 is 11.1 Å². The van der Waals surface area contributed by atoms with E-state index in [1.165, 1.54) is 0 Å². The van der Waals surface area contributed by atoms with Crippen LogP contribution in [0, 0.1) is 23.4 Å². The van der Waals surface area contributed by atoms with E-state index in [1.807, 2.05) is 0 Å². The largest absolute Gasteiger partial charge is 0.327 e. The smallest absolute Gasteiger partial charge is 0.228 e. The van der Waals surface area contributed by atoms with Crippen molar-refractivity contribution in [3.8, 4) is 0 Å². The average Bonchev–Trinajstić information content (AvgIpc) is 2.24. The standard InChI is InChI=1S/C11H13F3N2O.ClH/c1-5(6(2)15)11(17)16-7-3-8(12)10(14)9(13)4-7;/h3-6H,15H2,1-2H3,(H,16,17);1H. The van der Waals surface area contributed by atoms with Crippen molar-refractivity contribution in [3.63, 3.8) is 0 Å². The molecular weight excluding hydrogens is 269 g/mol. The van der Waals surface area contributed by atoms with Gasteiger partial charge in [-0.1, -0.05) is 6.92 Å². The number of carbonyl (C=O) groups excluding carboxylic acids is 1. The van der Waals surface area contributed by atoms with E-state index in [1.54, 1.807) is 13.8 Å². The van der Waals surface area contributed by atoms with Crippen LogP contribution in [0.4, 0.5) is 18.9 Å². The molecule has 0 aliphatic carbocycles. The molecule has 1 amide bonds. The van der Waals surface area contributed by atoms with Crippen molar-refractivity contribution >= 4 is 24.0 Å². The quantitative estimate of drug-likeness (QED) is 0.837. The topological polar surface area (TPSA) is 55.1 Å². The van der Waals surface area contributed by atoms with Crippen LogP contribution in [-0.2, 0) is 4.79 Å². The van der Waals surface area contributed by atoms with Crippen LogP contribution in [0.3, 0.4) is 0 Å². The predicted octanol–water partition coefficient (Wildman–Crippen LogP) is 2.45. The Morgan fingerprint density at radius 2 is 1.67 bits per heavy atom. The molecular formula is C11H14ClF3N2O. The van der Waals surface area contributed by atoms with E-state index in [0.717, 1.165) is 0 Å². The van der Waals surface area contributed by atoms with E-state index in [4.69, 9.17) is 5.73 Å². The molecule has 0 radical (unpaired) electrons. The summed E-state index contributed by atoms with van der Waals surface area (Å²) in [5.74, 6) is -5.28. The Kier molecular flexibility index (Phi) is 6.14. The van der Waals surface area contributed by atoms with Gasteiger partial charge in [0.15, 0.2) is 17.5 Å². The Morgan fingerprint density at radius 3 is 2.06 bits per heavy atom. The number of hydrogen-bond donors (Lipinski definition) is 2. The molecule has 0 saturated heterocycles. The van der Waals surface area contributed by atoms with Crippen LogP contribution in [0.25, 0.3) is 0 Å². The lowest BCUT2D eigenvalue weighted by Gasteiger charge is -2.15. The van der Waals surface area contributed by atoms with E-state index in [9.17, 15) is 18.0 Å². The van der Waals surface area contributed by atoms with Gasteiger partial charge in [-0.2, -0.15) is 0 Å². The second-order valence-corrected chi connectivity index (χ2v) is 3.89. The maximum Gasteiger partial charge on any atom is 0.228 e. The lowest BCUT2D eigenvalue weighted by atomic mass is 10.0. The third kappa shape index (κ3) is 3.89. The fourth-order valence-electron chi connectivity index (χ4n) is 1.12. The molecule has 0 heterocycles. The zero-order chi connectivity index (χ0) is 13.2. The summed E-state index contributed by atoms with van der Waals surface area (Å²) in [6.07, 6.45) is 0. The van der Waals surface area contributed by atoms with Gasteiger partial charge in [0.1, 0.15) is 0 Å². The van der Waals surface area contributed by atoms with Crippen LogP contribution in [-0.4, -0.2) is 11.9 Å². The summed E-state index contributed by atoms with van der Waals surface area (Å²) in [7, 11) is 0.